The Balaban J connectivity index is 1.90. The minimum absolute atomic E-state index is 0.0849. The molecule has 0 saturated carbocycles. The van der Waals surface area contributed by atoms with Crippen molar-refractivity contribution in [1.82, 2.24) is 5.16 Å². The van der Waals surface area contributed by atoms with Crippen LogP contribution in [0.1, 0.15) is 22.9 Å². The Hall–Kier alpha value is -4.47. The number of nitrogens with zero attached hydrogens (tertiary/aromatic N) is 3. The number of Topliss-reactive ketones (excluding diaryl/α,β-unsaturated/α-hetero) is 1. The number of aromatic nitrogens is 1. The van der Waals surface area contributed by atoms with Gasteiger partial charge < -0.3 is 14.4 Å². The third-order valence-corrected chi connectivity index (χ3v) is 5.09. The molecule has 1 aliphatic heterocycles. The van der Waals surface area contributed by atoms with E-state index in [1.165, 1.54) is 37.4 Å². The normalized spacial score (nSPS) is 17.6. The van der Waals surface area contributed by atoms with Crippen LogP contribution in [0.5, 0.6) is 5.75 Å². The summed E-state index contributed by atoms with van der Waals surface area (Å²) in [6.45, 7) is 1.63. The summed E-state index contributed by atoms with van der Waals surface area (Å²) < 4.78 is 10.2. The molecular weight excluding hydrogens is 418 g/mol. The molecule has 10 nitrogen and oxygen atoms in total. The SMILES string of the molecule is COc1ccc(C(O)=C2C(=O)C(=O)N(c3cc(C)on3)C2c2ccc([N+](=O)[O-])cc2)cc1. The zero-order chi connectivity index (χ0) is 23.0. The van der Waals surface area contributed by atoms with Gasteiger partial charge in [0, 0.05) is 23.8 Å². The Morgan fingerprint density at radius 2 is 1.81 bits per heavy atom. The number of methoxy groups -OCH3 is 1. The van der Waals surface area contributed by atoms with E-state index in [2.05, 4.69) is 5.16 Å². The van der Waals surface area contributed by atoms with Crippen molar-refractivity contribution < 1.29 is 28.9 Å². The van der Waals surface area contributed by atoms with E-state index in [1.807, 2.05) is 0 Å². The lowest BCUT2D eigenvalue weighted by Gasteiger charge is -2.22. The summed E-state index contributed by atoms with van der Waals surface area (Å²) >= 11 is 0. The molecule has 0 spiro atoms. The molecular formula is C22H17N3O7. The molecule has 0 radical (unpaired) electrons. The lowest BCUT2D eigenvalue weighted by atomic mass is 9.95. The molecule has 10 heteroatoms. The number of carbonyl (C=O) groups excluding carboxylic acids is 2. The highest BCUT2D eigenvalue weighted by atomic mass is 16.6. The van der Waals surface area contributed by atoms with Gasteiger partial charge in [-0.25, -0.2) is 0 Å². The second-order valence-corrected chi connectivity index (χ2v) is 7.04. The highest BCUT2D eigenvalue weighted by Gasteiger charge is 2.48. The largest absolute Gasteiger partial charge is 0.507 e. The van der Waals surface area contributed by atoms with Gasteiger partial charge in [0.2, 0.25) is 0 Å². The Morgan fingerprint density at radius 3 is 2.34 bits per heavy atom. The van der Waals surface area contributed by atoms with Crippen LogP contribution in [0, 0.1) is 17.0 Å². The van der Waals surface area contributed by atoms with Gasteiger partial charge in [-0.2, -0.15) is 0 Å². The summed E-state index contributed by atoms with van der Waals surface area (Å²) in [6.07, 6.45) is 0. The molecule has 1 aromatic heterocycles. The zero-order valence-electron chi connectivity index (χ0n) is 17.0. The fourth-order valence-corrected chi connectivity index (χ4v) is 3.53. The van der Waals surface area contributed by atoms with Crippen LogP contribution in [0.2, 0.25) is 0 Å². The number of anilines is 1. The summed E-state index contributed by atoms with van der Waals surface area (Å²) in [5.41, 5.74) is 0.352. The quantitative estimate of drug-likeness (QED) is 0.211. The van der Waals surface area contributed by atoms with Gasteiger partial charge in [0.05, 0.1) is 23.6 Å². The first kappa shape index (κ1) is 20.8. The minimum atomic E-state index is -1.07. The van der Waals surface area contributed by atoms with Crippen molar-refractivity contribution in [2.24, 2.45) is 0 Å². The Morgan fingerprint density at radius 1 is 1.16 bits per heavy atom. The van der Waals surface area contributed by atoms with Gasteiger partial charge in [0.1, 0.15) is 17.3 Å². The van der Waals surface area contributed by atoms with E-state index < -0.39 is 28.4 Å². The molecule has 1 amide bonds. The number of aliphatic hydroxyl groups excluding tert-OH is 1. The summed E-state index contributed by atoms with van der Waals surface area (Å²) in [7, 11) is 1.49. The Labute approximate surface area is 181 Å². The molecule has 1 atom stereocenters. The van der Waals surface area contributed by atoms with Crippen molar-refractivity contribution in [1.29, 1.82) is 0 Å². The predicted molar refractivity (Wildman–Crippen MR) is 112 cm³/mol. The molecule has 4 rings (SSSR count). The number of nitro groups is 1. The second kappa shape index (κ2) is 7.99. The van der Waals surface area contributed by atoms with Crippen molar-refractivity contribution in [3.05, 3.63) is 87.2 Å². The summed E-state index contributed by atoms with van der Waals surface area (Å²) in [5.74, 6) is -1.16. The van der Waals surface area contributed by atoms with Gasteiger partial charge in [0.15, 0.2) is 5.82 Å². The number of benzene rings is 2. The Kier molecular flexibility index (Phi) is 5.19. The van der Waals surface area contributed by atoms with Gasteiger partial charge in [-0.1, -0.05) is 5.16 Å². The molecule has 0 bridgehead atoms. The third-order valence-electron chi connectivity index (χ3n) is 5.09. The van der Waals surface area contributed by atoms with Gasteiger partial charge >= 0.3 is 5.91 Å². The number of aliphatic hydroxyl groups is 1. The monoisotopic (exact) mass is 435 g/mol. The average molecular weight is 435 g/mol. The van der Waals surface area contributed by atoms with E-state index in [4.69, 9.17) is 9.26 Å². The van der Waals surface area contributed by atoms with Crippen molar-refractivity contribution >= 4 is 29.0 Å². The Bertz CT molecular complexity index is 1240. The molecule has 32 heavy (non-hydrogen) atoms. The van der Waals surface area contributed by atoms with E-state index >= 15 is 0 Å². The standard InChI is InChI=1S/C22H17N3O7/c1-12-11-17(23-32-12)24-19(13-3-7-15(8-4-13)25(29)30)18(21(27)22(24)28)20(26)14-5-9-16(31-2)10-6-14/h3-11,19,26H,1-2H3. The fourth-order valence-electron chi connectivity index (χ4n) is 3.53. The van der Waals surface area contributed by atoms with E-state index in [0.717, 1.165) is 4.90 Å². The highest BCUT2D eigenvalue weighted by molar-refractivity contribution is 6.51. The third kappa shape index (κ3) is 3.47. The summed E-state index contributed by atoms with van der Waals surface area (Å²) in [6, 6.07) is 12.1. The molecule has 1 aliphatic rings. The molecule has 2 aromatic carbocycles. The predicted octanol–water partition coefficient (Wildman–Crippen LogP) is 3.53. The van der Waals surface area contributed by atoms with Crippen molar-refractivity contribution in [3.63, 3.8) is 0 Å². The van der Waals surface area contributed by atoms with Gasteiger partial charge in [0.25, 0.3) is 11.5 Å². The molecule has 1 N–H and O–H groups in total. The molecule has 162 valence electrons. The van der Waals surface area contributed by atoms with E-state index in [0.29, 0.717) is 22.6 Å². The van der Waals surface area contributed by atoms with Crippen molar-refractivity contribution in [2.75, 3.05) is 12.0 Å². The van der Waals surface area contributed by atoms with Crippen LogP contribution >= 0.6 is 0 Å². The number of amides is 1. The molecule has 2 heterocycles. The lowest BCUT2D eigenvalue weighted by molar-refractivity contribution is -0.384. The van der Waals surface area contributed by atoms with E-state index in [-0.39, 0.29) is 17.1 Å². The fraction of sp³-hybridized carbons (Fsp3) is 0.136. The first-order valence-corrected chi connectivity index (χ1v) is 9.45. The maximum atomic E-state index is 13.0. The van der Waals surface area contributed by atoms with Crippen LogP contribution in [0.3, 0.4) is 0 Å². The second-order valence-electron chi connectivity index (χ2n) is 7.04. The molecule has 1 saturated heterocycles. The zero-order valence-corrected chi connectivity index (χ0v) is 17.0. The van der Waals surface area contributed by atoms with Crippen LogP contribution < -0.4 is 9.64 Å². The number of aryl methyl sites for hydroxylation is 1. The topological polar surface area (TPSA) is 136 Å². The first-order chi connectivity index (χ1) is 15.3. The van der Waals surface area contributed by atoms with Crippen LogP contribution in [0.25, 0.3) is 5.76 Å². The first-order valence-electron chi connectivity index (χ1n) is 9.45. The maximum absolute atomic E-state index is 13.0. The number of non-ortho nitro benzene ring substituents is 1. The minimum Gasteiger partial charge on any atom is -0.507 e. The number of carbonyl (C=O) groups is 2. The van der Waals surface area contributed by atoms with Gasteiger partial charge in [-0.15, -0.1) is 0 Å². The van der Waals surface area contributed by atoms with Gasteiger partial charge in [-0.05, 0) is 48.9 Å². The van der Waals surface area contributed by atoms with E-state index in [9.17, 15) is 24.8 Å². The van der Waals surface area contributed by atoms with Crippen molar-refractivity contribution in [2.45, 2.75) is 13.0 Å². The van der Waals surface area contributed by atoms with Gasteiger partial charge in [-0.3, -0.25) is 24.6 Å². The number of hydrogen-bond acceptors (Lipinski definition) is 8. The van der Waals surface area contributed by atoms with Crippen LogP contribution in [-0.2, 0) is 9.59 Å². The molecule has 0 aliphatic carbocycles. The number of rotatable bonds is 5. The van der Waals surface area contributed by atoms with Crippen LogP contribution in [-0.4, -0.2) is 34.0 Å². The molecule has 3 aromatic rings. The van der Waals surface area contributed by atoms with Crippen LogP contribution in [0.15, 0.2) is 64.7 Å². The maximum Gasteiger partial charge on any atom is 0.301 e. The summed E-state index contributed by atoms with van der Waals surface area (Å²) in [4.78, 5) is 37.5. The highest BCUT2D eigenvalue weighted by Crippen LogP contribution is 2.42. The van der Waals surface area contributed by atoms with Crippen molar-refractivity contribution in [3.8, 4) is 5.75 Å². The lowest BCUT2D eigenvalue weighted by Crippen LogP contribution is -2.29. The average Bonchev–Trinajstić information content (AvgIpc) is 3.34. The number of ketones is 1. The van der Waals surface area contributed by atoms with Crippen LogP contribution in [0.4, 0.5) is 11.5 Å². The number of ether oxygens (including phenoxy) is 1. The number of hydrogen-bond donors (Lipinski definition) is 1. The smallest absolute Gasteiger partial charge is 0.301 e. The summed E-state index contributed by atoms with van der Waals surface area (Å²) in [5, 5.41) is 25.9. The number of nitro benzene ring substituents is 1. The van der Waals surface area contributed by atoms with E-state index in [1.54, 1.807) is 31.2 Å². The molecule has 1 unspecified atom stereocenters. The molecule has 1 fully saturated rings.